The smallest absolute Gasteiger partial charge is 0.138 e. The van der Waals surface area contributed by atoms with Crippen molar-refractivity contribution in [1.82, 2.24) is 10.2 Å². The van der Waals surface area contributed by atoms with Crippen molar-refractivity contribution in [2.45, 2.75) is 63.2 Å². The molecule has 1 aliphatic carbocycles. The van der Waals surface area contributed by atoms with E-state index in [-0.39, 0.29) is 17.9 Å². The van der Waals surface area contributed by atoms with Gasteiger partial charge in [0, 0.05) is 25.0 Å². The maximum Gasteiger partial charge on any atom is 0.138 e. The zero-order valence-corrected chi connectivity index (χ0v) is 19.9. The lowest BCUT2D eigenvalue weighted by Gasteiger charge is -2.40. The summed E-state index contributed by atoms with van der Waals surface area (Å²) >= 11 is 6.69. The molecule has 4 nitrogen and oxygen atoms in total. The summed E-state index contributed by atoms with van der Waals surface area (Å²) in [4.78, 5) is 2.57. The second-order valence-corrected chi connectivity index (χ2v) is 9.88. The van der Waals surface area contributed by atoms with E-state index in [0.717, 1.165) is 50.2 Å². The predicted molar refractivity (Wildman–Crippen MR) is 131 cm³/mol. The minimum Gasteiger partial charge on any atom is -0.487 e. The Bertz CT molecular complexity index is 847. The number of aliphatic hydroxyl groups excluding tert-OH is 1. The van der Waals surface area contributed by atoms with E-state index in [1.165, 1.54) is 24.8 Å². The maximum atomic E-state index is 10.9. The number of piperidine rings is 1. The number of nitrogens with one attached hydrogen (secondary N) is 1. The Labute approximate surface area is 197 Å². The minimum absolute atomic E-state index is 0.230. The van der Waals surface area contributed by atoms with Gasteiger partial charge in [-0.2, -0.15) is 0 Å². The number of hydrogen-bond donors (Lipinski definition) is 2. The van der Waals surface area contributed by atoms with Gasteiger partial charge in [-0.3, -0.25) is 0 Å². The third kappa shape index (κ3) is 6.05. The topological polar surface area (TPSA) is 44.7 Å². The van der Waals surface area contributed by atoms with Crippen molar-refractivity contribution >= 4 is 11.6 Å². The summed E-state index contributed by atoms with van der Waals surface area (Å²) in [6, 6.07) is 17.0. The molecule has 1 saturated heterocycles. The van der Waals surface area contributed by atoms with Crippen molar-refractivity contribution in [1.29, 1.82) is 0 Å². The van der Waals surface area contributed by atoms with Crippen molar-refractivity contribution in [2.24, 2.45) is 5.92 Å². The highest BCUT2D eigenvalue weighted by Crippen LogP contribution is 2.39. The second kappa shape index (κ2) is 11.5. The van der Waals surface area contributed by atoms with E-state index in [1.54, 1.807) is 0 Å². The van der Waals surface area contributed by atoms with Crippen LogP contribution < -0.4 is 10.1 Å². The van der Waals surface area contributed by atoms with E-state index >= 15 is 0 Å². The summed E-state index contributed by atoms with van der Waals surface area (Å²) < 4.78 is 6.00. The van der Waals surface area contributed by atoms with Gasteiger partial charge in [0.25, 0.3) is 0 Å². The molecular formula is C27H37ClN2O2. The van der Waals surface area contributed by atoms with Gasteiger partial charge in [-0.15, -0.1) is 0 Å². The molecule has 5 heteroatoms. The summed E-state index contributed by atoms with van der Waals surface area (Å²) in [5, 5.41) is 15.0. The van der Waals surface area contributed by atoms with Crippen molar-refractivity contribution < 1.29 is 9.84 Å². The Morgan fingerprint density at radius 3 is 2.66 bits per heavy atom. The predicted octanol–water partition coefficient (Wildman–Crippen LogP) is 5.24. The molecule has 2 aliphatic rings. The average molecular weight is 457 g/mol. The highest BCUT2D eigenvalue weighted by atomic mass is 35.5. The molecule has 2 fully saturated rings. The van der Waals surface area contributed by atoms with Crippen molar-refractivity contribution in [3.63, 3.8) is 0 Å². The first kappa shape index (κ1) is 23.6. The Morgan fingerprint density at radius 1 is 1.09 bits per heavy atom. The number of rotatable bonds is 8. The van der Waals surface area contributed by atoms with Gasteiger partial charge in [0.2, 0.25) is 0 Å². The monoisotopic (exact) mass is 456 g/mol. The number of ether oxygens (including phenoxy) is 1. The van der Waals surface area contributed by atoms with Crippen LogP contribution in [-0.2, 0) is 6.61 Å². The number of likely N-dealkylation sites (tertiary alicyclic amines) is 1. The standard InChI is InChI=1S/C27H37ClN2O2/c1-29-22-10-7-15-30(17-22)18-24(23-11-5-6-12-26(23)31)21-13-14-27(25(28)16-21)32-19-20-8-3-2-4-9-20/h2-4,8-9,13-14,16,22-24,26,29,31H,5-7,10-12,15,17-19H2,1H3/t22-,23?,24?,26?/m1/s1. The van der Waals surface area contributed by atoms with Crippen LogP contribution in [0, 0.1) is 5.92 Å². The van der Waals surface area contributed by atoms with Crippen LogP contribution in [0.5, 0.6) is 5.75 Å². The summed E-state index contributed by atoms with van der Waals surface area (Å²) in [6.07, 6.45) is 6.55. The number of likely N-dealkylation sites (N-methyl/N-ethyl adjacent to an activating group) is 1. The Morgan fingerprint density at radius 2 is 1.91 bits per heavy atom. The van der Waals surface area contributed by atoms with Gasteiger partial charge in [0.1, 0.15) is 12.4 Å². The van der Waals surface area contributed by atoms with Gasteiger partial charge >= 0.3 is 0 Å². The van der Waals surface area contributed by atoms with Crippen molar-refractivity contribution in [3.05, 3.63) is 64.7 Å². The highest BCUT2D eigenvalue weighted by Gasteiger charge is 2.34. The van der Waals surface area contributed by atoms with Gasteiger partial charge in [0.15, 0.2) is 0 Å². The van der Waals surface area contributed by atoms with Crippen LogP contribution in [0.1, 0.15) is 55.6 Å². The van der Waals surface area contributed by atoms with E-state index in [0.29, 0.717) is 17.7 Å². The molecule has 4 atom stereocenters. The Hall–Kier alpha value is -1.59. The summed E-state index contributed by atoms with van der Waals surface area (Å²) in [6.45, 7) is 3.68. The summed E-state index contributed by atoms with van der Waals surface area (Å²) in [5.41, 5.74) is 2.35. The van der Waals surface area contributed by atoms with Crippen molar-refractivity contribution in [2.75, 3.05) is 26.7 Å². The first-order chi connectivity index (χ1) is 15.6. The first-order valence-corrected chi connectivity index (χ1v) is 12.6. The van der Waals surface area contributed by atoms with E-state index in [2.05, 4.69) is 41.5 Å². The lowest BCUT2D eigenvalue weighted by molar-refractivity contribution is 0.0427. The molecular weight excluding hydrogens is 420 g/mol. The number of benzene rings is 2. The molecule has 0 amide bonds. The number of aliphatic hydroxyl groups is 1. The fourth-order valence-electron chi connectivity index (χ4n) is 5.43. The zero-order valence-electron chi connectivity index (χ0n) is 19.2. The van der Waals surface area contributed by atoms with Crippen LogP contribution in [0.25, 0.3) is 0 Å². The van der Waals surface area contributed by atoms with Crippen LogP contribution in [0.4, 0.5) is 0 Å². The molecule has 1 saturated carbocycles. The molecule has 2 aromatic rings. The lowest BCUT2D eigenvalue weighted by atomic mass is 9.74. The molecule has 4 rings (SSSR count). The van der Waals surface area contributed by atoms with Gasteiger partial charge < -0.3 is 20.1 Å². The summed E-state index contributed by atoms with van der Waals surface area (Å²) in [7, 11) is 2.06. The quantitative estimate of drug-likeness (QED) is 0.570. The van der Waals surface area contributed by atoms with Crippen LogP contribution in [0.3, 0.4) is 0 Å². The van der Waals surface area contributed by atoms with Crippen molar-refractivity contribution in [3.8, 4) is 5.75 Å². The minimum atomic E-state index is -0.230. The highest BCUT2D eigenvalue weighted by molar-refractivity contribution is 6.32. The van der Waals surface area contributed by atoms with E-state index in [9.17, 15) is 5.11 Å². The van der Waals surface area contributed by atoms with Gasteiger partial charge in [-0.25, -0.2) is 0 Å². The molecule has 174 valence electrons. The molecule has 3 unspecified atom stereocenters. The molecule has 2 N–H and O–H groups in total. The SMILES string of the molecule is CN[C@@H]1CCCN(CC(c2ccc(OCc3ccccc3)c(Cl)c2)C2CCCCC2O)C1. The maximum absolute atomic E-state index is 10.9. The van der Waals surface area contributed by atoms with E-state index in [1.807, 2.05) is 24.3 Å². The van der Waals surface area contributed by atoms with Crippen LogP contribution >= 0.6 is 11.6 Å². The van der Waals surface area contributed by atoms with Gasteiger partial charge in [-0.05, 0) is 68.5 Å². The van der Waals surface area contributed by atoms with Crippen LogP contribution in [0.15, 0.2) is 48.5 Å². The largest absolute Gasteiger partial charge is 0.487 e. The average Bonchev–Trinajstić information content (AvgIpc) is 2.83. The van der Waals surface area contributed by atoms with E-state index < -0.39 is 0 Å². The Balaban J connectivity index is 1.51. The molecule has 1 heterocycles. The molecule has 32 heavy (non-hydrogen) atoms. The van der Waals surface area contributed by atoms with Crippen LogP contribution in [0.2, 0.25) is 5.02 Å². The van der Waals surface area contributed by atoms with Crippen LogP contribution in [-0.4, -0.2) is 48.8 Å². The normalized spacial score (nSPS) is 25.4. The molecule has 1 aliphatic heterocycles. The summed E-state index contributed by atoms with van der Waals surface area (Å²) in [5.74, 6) is 1.28. The number of halogens is 1. The molecule has 0 radical (unpaired) electrons. The number of nitrogens with zero attached hydrogens (tertiary/aromatic N) is 1. The molecule has 2 aromatic carbocycles. The third-order valence-corrected chi connectivity index (χ3v) is 7.58. The lowest BCUT2D eigenvalue weighted by Crippen LogP contribution is -2.47. The molecule has 0 bridgehead atoms. The third-order valence-electron chi connectivity index (χ3n) is 7.29. The molecule has 0 aromatic heterocycles. The Kier molecular flexibility index (Phi) is 8.48. The second-order valence-electron chi connectivity index (χ2n) is 9.47. The number of hydrogen-bond acceptors (Lipinski definition) is 4. The van der Waals surface area contributed by atoms with E-state index in [4.69, 9.17) is 16.3 Å². The first-order valence-electron chi connectivity index (χ1n) is 12.2. The zero-order chi connectivity index (χ0) is 22.3. The fraction of sp³-hybridized carbons (Fsp3) is 0.556. The van der Waals surface area contributed by atoms with Gasteiger partial charge in [-0.1, -0.05) is 60.8 Å². The fourth-order valence-corrected chi connectivity index (χ4v) is 5.68. The molecule has 0 spiro atoms. The van der Waals surface area contributed by atoms with Gasteiger partial charge in [0.05, 0.1) is 11.1 Å².